The highest BCUT2D eigenvalue weighted by molar-refractivity contribution is 8.00. The third-order valence-corrected chi connectivity index (χ3v) is 7.13. The first-order valence-corrected chi connectivity index (χ1v) is 12.5. The van der Waals surface area contributed by atoms with Crippen LogP contribution in [0.4, 0.5) is 0 Å². The van der Waals surface area contributed by atoms with Crippen LogP contribution in [0.3, 0.4) is 0 Å². The minimum Gasteiger partial charge on any atom is -0.351 e. The van der Waals surface area contributed by atoms with E-state index in [9.17, 15) is 9.59 Å². The van der Waals surface area contributed by atoms with Crippen LogP contribution >= 0.6 is 11.8 Å². The van der Waals surface area contributed by atoms with Gasteiger partial charge >= 0.3 is 0 Å². The quantitative estimate of drug-likeness (QED) is 0.541. The Morgan fingerprint density at radius 3 is 2.41 bits per heavy atom. The molecule has 0 heterocycles. The topological polar surface area (TPSA) is 52.7 Å². The van der Waals surface area contributed by atoms with E-state index < -0.39 is 0 Å². The summed E-state index contributed by atoms with van der Waals surface area (Å²) in [5.41, 5.74) is 1.89. The molecule has 0 radical (unpaired) electrons. The SMILES string of the molecule is CN(CCNC(=O)c1ccccc1SCC(=O)N(C)C1CCCCC1)Cc1ccccc1. The van der Waals surface area contributed by atoms with Crippen LogP contribution in [0.1, 0.15) is 48.0 Å². The Balaban J connectivity index is 1.47. The van der Waals surface area contributed by atoms with Crippen LogP contribution in [0, 0.1) is 0 Å². The highest BCUT2D eigenvalue weighted by Gasteiger charge is 2.22. The lowest BCUT2D eigenvalue weighted by atomic mass is 9.94. The second-order valence-electron chi connectivity index (χ2n) is 8.56. The zero-order valence-corrected chi connectivity index (χ0v) is 20.1. The van der Waals surface area contributed by atoms with Crippen molar-refractivity contribution in [3.05, 3.63) is 65.7 Å². The first-order valence-electron chi connectivity index (χ1n) is 11.5. The number of nitrogens with one attached hydrogen (secondary N) is 1. The summed E-state index contributed by atoms with van der Waals surface area (Å²) in [6, 6.07) is 18.2. The van der Waals surface area contributed by atoms with Crippen molar-refractivity contribution in [1.82, 2.24) is 15.1 Å². The highest BCUT2D eigenvalue weighted by atomic mass is 32.2. The fraction of sp³-hybridized carbons (Fsp3) is 0.462. The fourth-order valence-electron chi connectivity index (χ4n) is 4.12. The summed E-state index contributed by atoms with van der Waals surface area (Å²) < 4.78 is 0. The van der Waals surface area contributed by atoms with E-state index in [0.29, 0.717) is 23.9 Å². The molecule has 0 spiro atoms. The van der Waals surface area contributed by atoms with Gasteiger partial charge in [-0.05, 0) is 37.6 Å². The normalized spacial score (nSPS) is 14.3. The summed E-state index contributed by atoms with van der Waals surface area (Å²) >= 11 is 1.45. The van der Waals surface area contributed by atoms with Gasteiger partial charge in [-0.2, -0.15) is 0 Å². The van der Waals surface area contributed by atoms with E-state index >= 15 is 0 Å². The Morgan fingerprint density at radius 2 is 1.66 bits per heavy atom. The van der Waals surface area contributed by atoms with Gasteiger partial charge in [-0.3, -0.25) is 9.59 Å². The Morgan fingerprint density at radius 1 is 0.969 bits per heavy atom. The predicted molar refractivity (Wildman–Crippen MR) is 132 cm³/mol. The van der Waals surface area contributed by atoms with Crippen molar-refractivity contribution in [3.8, 4) is 0 Å². The molecule has 32 heavy (non-hydrogen) atoms. The summed E-state index contributed by atoms with van der Waals surface area (Å²) in [7, 11) is 3.97. The van der Waals surface area contributed by atoms with Crippen molar-refractivity contribution in [2.24, 2.45) is 0 Å². The molecule has 5 nitrogen and oxygen atoms in total. The van der Waals surface area contributed by atoms with E-state index in [0.717, 1.165) is 30.8 Å². The van der Waals surface area contributed by atoms with Crippen LogP contribution in [0.2, 0.25) is 0 Å². The van der Waals surface area contributed by atoms with Gasteiger partial charge in [0.25, 0.3) is 5.91 Å². The highest BCUT2D eigenvalue weighted by Crippen LogP contribution is 2.25. The third-order valence-electron chi connectivity index (χ3n) is 6.07. The Hall–Kier alpha value is -2.31. The summed E-state index contributed by atoms with van der Waals surface area (Å²) in [6.45, 7) is 2.19. The Labute approximate surface area is 196 Å². The number of rotatable bonds is 10. The van der Waals surface area contributed by atoms with E-state index in [4.69, 9.17) is 0 Å². The number of benzene rings is 2. The van der Waals surface area contributed by atoms with Crippen LogP contribution in [0.15, 0.2) is 59.5 Å². The average molecular weight is 454 g/mol. The third kappa shape index (κ3) is 7.38. The van der Waals surface area contributed by atoms with E-state index in [-0.39, 0.29) is 11.8 Å². The minimum atomic E-state index is -0.0886. The fourth-order valence-corrected chi connectivity index (χ4v) is 5.10. The van der Waals surface area contributed by atoms with Crippen molar-refractivity contribution in [2.75, 3.05) is 32.9 Å². The number of likely N-dealkylation sites (N-methyl/N-ethyl adjacent to an activating group) is 1. The molecule has 1 aliphatic rings. The van der Waals surface area contributed by atoms with E-state index in [2.05, 4.69) is 29.4 Å². The summed E-state index contributed by atoms with van der Waals surface area (Å²) in [4.78, 5) is 30.4. The number of carbonyl (C=O) groups excluding carboxylic acids is 2. The molecule has 172 valence electrons. The molecule has 0 aromatic heterocycles. The molecule has 2 aromatic carbocycles. The monoisotopic (exact) mass is 453 g/mol. The van der Waals surface area contributed by atoms with Gasteiger partial charge in [0.2, 0.25) is 5.91 Å². The molecule has 1 N–H and O–H groups in total. The molecule has 0 aliphatic heterocycles. The van der Waals surface area contributed by atoms with E-state index in [1.165, 1.54) is 36.6 Å². The Kier molecular flexibility index (Phi) is 9.62. The molecular formula is C26H35N3O2S. The predicted octanol–water partition coefficient (Wildman–Crippen LogP) is 4.43. The maximum atomic E-state index is 12.8. The van der Waals surface area contributed by atoms with Gasteiger partial charge in [-0.15, -0.1) is 11.8 Å². The van der Waals surface area contributed by atoms with Gasteiger partial charge in [-0.25, -0.2) is 0 Å². The number of nitrogens with zero attached hydrogens (tertiary/aromatic N) is 2. The molecule has 2 amide bonds. The van der Waals surface area contributed by atoms with E-state index in [1.807, 2.05) is 54.4 Å². The van der Waals surface area contributed by atoms with Crippen LogP contribution in [-0.2, 0) is 11.3 Å². The van der Waals surface area contributed by atoms with Crippen LogP contribution in [0.25, 0.3) is 0 Å². The average Bonchev–Trinajstić information content (AvgIpc) is 2.83. The van der Waals surface area contributed by atoms with E-state index in [1.54, 1.807) is 0 Å². The van der Waals surface area contributed by atoms with Gasteiger partial charge < -0.3 is 15.1 Å². The van der Waals surface area contributed by atoms with Crippen molar-refractivity contribution >= 4 is 23.6 Å². The summed E-state index contributed by atoms with van der Waals surface area (Å²) in [6.07, 6.45) is 5.89. The second-order valence-corrected chi connectivity index (χ2v) is 9.58. The van der Waals surface area contributed by atoms with Gasteiger partial charge in [0.15, 0.2) is 0 Å². The summed E-state index contributed by atoms with van der Waals surface area (Å²) in [5.74, 6) is 0.408. The lowest BCUT2D eigenvalue weighted by Gasteiger charge is -2.31. The van der Waals surface area contributed by atoms with Crippen molar-refractivity contribution in [3.63, 3.8) is 0 Å². The molecule has 1 aliphatic carbocycles. The molecule has 6 heteroatoms. The molecular weight excluding hydrogens is 418 g/mol. The first kappa shape index (κ1) is 24.3. The van der Waals surface area contributed by atoms with Crippen molar-refractivity contribution in [1.29, 1.82) is 0 Å². The molecule has 0 atom stereocenters. The molecule has 0 unspecified atom stereocenters. The molecule has 0 bridgehead atoms. The van der Waals surface area contributed by atoms with Gasteiger partial charge in [0, 0.05) is 37.6 Å². The first-order chi connectivity index (χ1) is 15.5. The largest absolute Gasteiger partial charge is 0.351 e. The van der Waals surface area contributed by atoms with Crippen LogP contribution < -0.4 is 5.32 Å². The van der Waals surface area contributed by atoms with Gasteiger partial charge in [-0.1, -0.05) is 61.7 Å². The summed E-state index contributed by atoms with van der Waals surface area (Å²) in [5, 5.41) is 3.03. The number of amides is 2. The maximum absolute atomic E-state index is 12.8. The number of hydrogen-bond donors (Lipinski definition) is 1. The molecule has 0 saturated heterocycles. The second kappa shape index (κ2) is 12.7. The lowest BCUT2D eigenvalue weighted by molar-refractivity contribution is -0.129. The van der Waals surface area contributed by atoms with Gasteiger partial charge in [0.05, 0.1) is 11.3 Å². The van der Waals surface area contributed by atoms with Crippen LogP contribution in [0.5, 0.6) is 0 Å². The maximum Gasteiger partial charge on any atom is 0.252 e. The van der Waals surface area contributed by atoms with Gasteiger partial charge in [0.1, 0.15) is 0 Å². The minimum absolute atomic E-state index is 0.0886. The number of hydrogen-bond acceptors (Lipinski definition) is 4. The standard InChI is InChI=1S/C26H35N3O2S/c1-28(19-21-11-5-3-6-12-21)18-17-27-26(31)23-15-9-10-16-24(23)32-20-25(30)29(2)22-13-7-4-8-14-22/h3,5-6,9-12,15-16,22H,4,7-8,13-14,17-20H2,1-2H3,(H,27,31). The molecule has 1 saturated carbocycles. The lowest BCUT2D eigenvalue weighted by Crippen LogP contribution is -2.39. The molecule has 3 rings (SSSR count). The molecule has 1 fully saturated rings. The van der Waals surface area contributed by atoms with Crippen molar-refractivity contribution < 1.29 is 9.59 Å². The van der Waals surface area contributed by atoms with Crippen LogP contribution in [-0.4, -0.2) is 60.6 Å². The zero-order valence-electron chi connectivity index (χ0n) is 19.3. The van der Waals surface area contributed by atoms with Crippen molar-refractivity contribution in [2.45, 2.75) is 49.6 Å². The number of carbonyl (C=O) groups is 2. The molecule has 2 aromatic rings. The zero-order chi connectivity index (χ0) is 22.8. The smallest absolute Gasteiger partial charge is 0.252 e. The Bertz CT molecular complexity index is 868. The number of thioether (sulfide) groups is 1.